The van der Waals surface area contributed by atoms with Crippen molar-refractivity contribution in [2.75, 3.05) is 12.3 Å². The summed E-state index contributed by atoms with van der Waals surface area (Å²) in [4.78, 5) is 28.2. The summed E-state index contributed by atoms with van der Waals surface area (Å²) in [5.74, 6) is -0.196. The highest BCUT2D eigenvalue weighted by molar-refractivity contribution is 7.52. The van der Waals surface area contributed by atoms with E-state index < -0.39 is 37.8 Å². The first-order valence-corrected chi connectivity index (χ1v) is 12.6. The van der Waals surface area contributed by atoms with E-state index in [1.54, 1.807) is 44.2 Å². The van der Waals surface area contributed by atoms with Crippen molar-refractivity contribution < 1.29 is 27.9 Å². The normalized spacial score (nSPS) is 22.8. The summed E-state index contributed by atoms with van der Waals surface area (Å²) in [6.07, 6.45) is 0.692. The van der Waals surface area contributed by atoms with Gasteiger partial charge in [0.15, 0.2) is 0 Å². The van der Waals surface area contributed by atoms with Crippen molar-refractivity contribution in [2.24, 2.45) is 5.92 Å². The van der Waals surface area contributed by atoms with Gasteiger partial charge in [0, 0.05) is 12.1 Å². The van der Waals surface area contributed by atoms with Crippen LogP contribution in [0.1, 0.15) is 40.3 Å². The van der Waals surface area contributed by atoms with Crippen LogP contribution >= 0.6 is 7.75 Å². The summed E-state index contributed by atoms with van der Waals surface area (Å²) < 4.78 is 37.4. The molecule has 0 unspecified atom stereocenters. The van der Waals surface area contributed by atoms with Crippen LogP contribution in [0.3, 0.4) is 0 Å². The van der Waals surface area contributed by atoms with E-state index in [0.29, 0.717) is 12.2 Å². The fraction of sp³-hybridized carbons (Fsp3) is 0.500. The van der Waals surface area contributed by atoms with Gasteiger partial charge in [0.05, 0.1) is 18.8 Å². The van der Waals surface area contributed by atoms with Crippen molar-refractivity contribution in [3.05, 3.63) is 53.1 Å². The molecule has 3 rings (SSSR count). The molecule has 0 radical (unpaired) electrons. The molecule has 0 bridgehead atoms. The summed E-state index contributed by atoms with van der Waals surface area (Å²) in [6, 6.07) is 9.05. The highest BCUT2D eigenvalue weighted by Gasteiger charge is 2.38. The Balaban J connectivity index is 1.70. The van der Waals surface area contributed by atoms with E-state index in [1.807, 2.05) is 6.92 Å². The zero-order chi connectivity index (χ0) is 24.9. The average molecular weight is 494 g/mol. The van der Waals surface area contributed by atoms with Crippen molar-refractivity contribution in [3.8, 4) is 5.75 Å². The highest BCUT2D eigenvalue weighted by Crippen LogP contribution is 2.46. The van der Waals surface area contributed by atoms with Crippen molar-refractivity contribution in [1.82, 2.24) is 14.6 Å². The molecule has 1 aliphatic rings. The Labute approximate surface area is 198 Å². The molecule has 0 amide bonds. The second-order valence-electron chi connectivity index (χ2n) is 8.44. The van der Waals surface area contributed by atoms with Crippen LogP contribution in [0.15, 0.2) is 47.4 Å². The first-order chi connectivity index (χ1) is 16.1. The zero-order valence-electron chi connectivity index (χ0n) is 19.6. The number of ether oxygens (including phenoxy) is 2. The van der Waals surface area contributed by atoms with E-state index in [1.165, 1.54) is 23.8 Å². The van der Waals surface area contributed by atoms with Crippen LogP contribution in [0.25, 0.3) is 0 Å². The van der Waals surface area contributed by atoms with Crippen LogP contribution in [0.5, 0.6) is 5.75 Å². The molecule has 1 aromatic carbocycles. The number of para-hydroxylation sites is 1. The Morgan fingerprint density at radius 1 is 1.29 bits per heavy atom. The maximum absolute atomic E-state index is 13.6. The Morgan fingerprint density at radius 3 is 2.65 bits per heavy atom. The lowest BCUT2D eigenvalue weighted by molar-refractivity contribution is -0.149. The quantitative estimate of drug-likeness (QED) is 0.374. The third-order valence-electron chi connectivity index (χ3n) is 5.04. The smallest absolute Gasteiger partial charge is 0.459 e. The Kier molecular flexibility index (Phi) is 8.48. The third kappa shape index (κ3) is 6.89. The van der Waals surface area contributed by atoms with Gasteiger partial charge in [0.1, 0.15) is 23.8 Å². The summed E-state index contributed by atoms with van der Waals surface area (Å²) in [6.45, 7) is 6.78. The van der Waals surface area contributed by atoms with Crippen LogP contribution in [-0.4, -0.2) is 40.4 Å². The van der Waals surface area contributed by atoms with Crippen molar-refractivity contribution in [1.29, 1.82) is 0 Å². The number of benzene rings is 1. The minimum absolute atomic E-state index is 0.0425. The van der Waals surface area contributed by atoms with Gasteiger partial charge in [-0.3, -0.25) is 13.9 Å². The number of rotatable bonds is 10. The first-order valence-electron chi connectivity index (χ1n) is 11.0. The van der Waals surface area contributed by atoms with E-state index in [0.717, 1.165) is 0 Å². The van der Waals surface area contributed by atoms with Gasteiger partial charge < -0.3 is 19.7 Å². The Morgan fingerprint density at radius 2 is 2.00 bits per heavy atom. The molecule has 0 spiro atoms. The van der Waals surface area contributed by atoms with Crippen LogP contribution < -0.4 is 21.0 Å². The van der Waals surface area contributed by atoms with Gasteiger partial charge in [-0.05, 0) is 45.4 Å². The van der Waals surface area contributed by atoms with Gasteiger partial charge in [-0.2, -0.15) is 10.1 Å². The van der Waals surface area contributed by atoms with E-state index in [-0.39, 0.29) is 24.4 Å². The predicted molar refractivity (Wildman–Crippen MR) is 125 cm³/mol. The molecule has 1 aromatic heterocycles. The van der Waals surface area contributed by atoms with Gasteiger partial charge in [-0.1, -0.05) is 25.1 Å². The van der Waals surface area contributed by atoms with Crippen molar-refractivity contribution >= 4 is 19.5 Å². The number of carbonyl (C=O) groups excluding carboxylic acids is 1. The maximum atomic E-state index is 13.6. The number of hydrogen-bond donors (Lipinski definition) is 2. The number of nitrogens with two attached hydrogens (primary N) is 1. The standard InChI is InChI=1S/C22H31N4O7P/c1-14(2)31-21(27)16(4)25-34(29,33-17-8-6-5-7-9-17)30-13-18-12-15(3)20(32-18)26-11-10-19(23)24-22(26)28/h5-11,14-16,18,20H,12-13H2,1-4H3,(H,25,29)(H2,23,24,28)/t15-,16-,18-,20+,34-/m0/s1. The average Bonchev–Trinajstić information content (AvgIpc) is 3.13. The van der Waals surface area contributed by atoms with E-state index in [9.17, 15) is 14.2 Å². The van der Waals surface area contributed by atoms with E-state index in [4.69, 9.17) is 24.3 Å². The van der Waals surface area contributed by atoms with Gasteiger partial charge >= 0.3 is 19.4 Å². The van der Waals surface area contributed by atoms with Crippen LogP contribution in [0.4, 0.5) is 5.82 Å². The molecule has 1 saturated heterocycles. The first kappa shape index (κ1) is 25.9. The Bertz CT molecular complexity index is 1080. The molecule has 2 aromatic rings. The molecular weight excluding hydrogens is 463 g/mol. The number of aromatic nitrogens is 2. The number of hydrogen-bond acceptors (Lipinski definition) is 9. The SMILES string of the molecule is CC(C)OC(=O)[C@H](C)N[P@](=O)(OC[C@@H]1C[C@H](C)[C@H](n2ccc(N)nc2=O)O1)Oc1ccccc1. The number of anilines is 1. The number of nitrogens with one attached hydrogen (secondary N) is 1. The van der Waals surface area contributed by atoms with Crippen molar-refractivity contribution in [3.63, 3.8) is 0 Å². The number of esters is 1. The molecule has 1 fully saturated rings. The fourth-order valence-corrected chi connectivity index (χ4v) is 5.02. The molecular formula is C22H31N4O7P. The van der Waals surface area contributed by atoms with Crippen LogP contribution in [-0.2, 0) is 23.4 Å². The second-order valence-corrected chi connectivity index (χ2v) is 10.1. The summed E-state index contributed by atoms with van der Waals surface area (Å²) in [5, 5.41) is 2.64. The lowest BCUT2D eigenvalue weighted by Gasteiger charge is -2.24. The minimum atomic E-state index is -4.00. The summed E-state index contributed by atoms with van der Waals surface area (Å²) >= 11 is 0. The number of nitrogen functional groups attached to an aromatic ring is 1. The largest absolute Gasteiger partial charge is 0.462 e. The molecule has 1 aliphatic heterocycles. The van der Waals surface area contributed by atoms with E-state index in [2.05, 4.69) is 10.1 Å². The van der Waals surface area contributed by atoms with Gasteiger partial charge in [-0.25, -0.2) is 9.36 Å². The van der Waals surface area contributed by atoms with Gasteiger partial charge in [-0.15, -0.1) is 0 Å². The monoisotopic (exact) mass is 494 g/mol. The molecule has 11 nitrogen and oxygen atoms in total. The number of nitrogens with zero attached hydrogens (tertiary/aromatic N) is 2. The molecule has 0 saturated carbocycles. The second kappa shape index (κ2) is 11.1. The molecule has 12 heteroatoms. The highest BCUT2D eigenvalue weighted by atomic mass is 31.2. The fourth-order valence-electron chi connectivity index (χ4n) is 3.50. The zero-order valence-corrected chi connectivity index (χ0v) is 20.5. The third-order valence-corrected chi connectivity index (χ3v) is 6.68. The van der Waals surface area contributed by atoms with E-state index >= 15 is 0 Å². The lowest BCUT2D eigenvalue weighted by atomic mass is 10.1. The van der Waals surface area contributed by atoms with Crippen LogP contribution in [0, 0.1) is 5.92 Å². The maximum Gasteiger partial charge on any atom is 0.459 e. The molecule has 5 atom stereocenters. The molecule has 0 aliphatic carbocycles. The lowest BCUT2D eigenvalue weighted by Crippen LogP contribution is -2.36. The summed E-state index contributed by atoms with van der Waals surface area (Å²) in [7, 11) is -4.00. The number of carbonyl (C=O) groups is 1. The molecule has 186 valence electrons. The predicted octanol–water partition coefficient (Wildman–Crippen LogP) is 2.88. The molecule has 3 N–H and O–H groups in total. The molecule has 2 heterocycles. The minimum Gasteiger partial charge on any atom is -0.462 e. The van der Waals surface area contributed by atoms with Gasteiger partial charge in [0.2, 0.25) is 0 Å². The van der Waals surface area contributed by atoms with Crippen molar-refractivity contribution in [2.45, 2.75) is 58.6 Å². The summed E-state index contributed by atoms with van der Waals surface area (Å²) in [5.41, 5.74) is 5.05. The van der Waals surface area contributed by atoms with Crippen LogP contribution in [0.2, 0.25) is 0 Å². The van der Waals surface area contributed by atoms with Gasteiger partial charge in [0.25, 0.3) is 0 Å². The topological polar surface area (TPSA) is 144 Å². The Hall–Kier alpha value is -2.72. The molecule has 34 heavy (non-hydrogen) atoms.